The van der Waals surface area contributed by atoms with Crippen molar-refractivity contribution in [2.24, 2.45) is 0 Å². The molecule has 0 bridgehead atoms. The molecule has 2 aromatic heterocycles. The molecule has 0 spiro atoms. The lowest BCUT2D eigenvalue weighted by Crippen LogP contribution is -1.96. The smallest absolute Gasteiger partial charge is 0.225 e. The van der Waals surface area contributed by atoms with E-state index in [9.17, 15) is 0 Å². The summed E-state index contributed by atoms with van der Waals surface area (Å²) in [5, 5.41) is 0. The summed E-state index contributed by atoms with van der Waals surface area (Å²) < 4.78 is 10.3. The SMILES string of the molecule is COc1ccc(-c2cc(C)ccn2)c(OC)n1. The van der Waals surface area contributed by atoms with Crippen LogP contribution >= 0.6 is 0 Å². The van der Waals surface area contributed by atoms with Crippen LogP contribution < -0.4 is 9.47 Å². The third-order valence-electron chi connectivity index (χ3n) is 2.43. The third-order valence-corrected chi connectivity index (χ3v) is 2.43. The molecule has 0 atom stereocenters. The normalized spacial score (nSPS) is 10.1. The molecular weight excluding hydrogens is 216 g/mol. The van der Waals surface area contributed by atoms with Crippen LogP contribution in [0.3, 0.4) is 0 Å². The molecule has 0 unspecified atom stereocenters. The van der Waals surface area contributed by atoms with Crippen LogP contribution in [0.15, 0.2) is 30.5 Å². The Hall–Kier alpha value is -2.10. The summed E-state index contributed by atoms with van der Waals surface area (Å²) >= 11 is 0. The first-order valence-electron chi connectivity index (χ1n) is 5.26. The highest BCUT2D eigenvalue weighted by Crippen LogP contribution is 2.28. The molecular formula is C13H14N2O2. The second kappa shape index (κ2) is 4.82. The van der Waals surface area contributed by atoms with Gasteiger partial charge in [-0.05, 0) is 30.7 Å². The minimum absolute atomic E-state index is 0.516. The molecule has 88 valence electrons. The van der Waals surface area contributed by atoms with E-state index in [1.165, 1.54) is 0 Å². The van der Waals surface area contributed by atoms with Gasteiger partial charge < -0.3 is 9.47 Å². The second-order valence-electron chi connectivity index (χ2n) is 3.63. The van der Waals surface area contributed by atoms with Crippen LogP contribution in [0.1, 0.15) is 5.56 Å². The molecule has 0 N–H and O–H groups in total. The number of aryl methyl sites for hydroxylation is 1. The number of hydrogen-bond donors (Lipinski definition) is 0. The fraction of sp³-hybridized carbons (Fsp3) is 0.231. The molecule has 0 radical (unpaired) electrons. The maximum atomic E-state index is 5.25. The van der Waals surface area contributed by atoms with Gasteiger partial charge in [-0.3, -0.25) is 4.98 Å². The van der Waals surface area contributed by atoms with Crippen LogP contribution in [0.4, 0.5) is 0 Å². The zero-order chi connectivity index (χ0) is 12.3. The van der Waals surface area contributed by atoms with Gasteiger partial charge in [0.05, 0.1) is 25.5 Å². The van der Waals surface area contributed by atoms with E-state index < -0.39 is 0 Å². The van der Waals surface area contributed by atoms with Gasteiger partial charge in [0.15, 0.2) is 0 Å². The number of rotatable bonds is 3. The molecule has 4 heteroatoms. The summed E-state index contributed by atoms with van der Waals surface area (Å²) in [6.07, 6.45) is 1.77. The van der Waals surface area contributed by atoms with Crippen LogP contribution in [-0.2, 0) is 0 Å². The zero-order valence-electron chi connectivity index (χ0n) is 10.1. The van der Waals surface area contributed by atoms with E-state index in [1.54, 1.807) is 26.5 Å². The Morgan fingerprint density at radius 2 is 1.88 bits per heavy atom. The van der Waals surface area contributed by atoms with Crippen LogP contribution in [-0.4, -0.2) is 24.2 Å². The maximum Gasteiger partial charge on any atom is 0.225 e. The number of methoxy groups -OCH3 is 2. The monoisotopic (exact) mass is 230 g/mol. The topological polar surface area (TPSA) is 44.2 Å². The van der Waals surface area contributed by atoms with Crippen molar-refractivity contribution in [3.63, 3.8) is 0 Å². The predicted octanol–water partition coefficient (Wildman–Crippen LogP) is 2.47. The van der Waals surface area contributed by atoms with E-state index in [4.69, 9.17) is 9.47 Å². The molecule has 0 aromatic carbocycles. The number of nitrogens with zero attached hydrogens (tertiary/aromatic N) is 2. The average Bonchev–Trinajstić information content (AvgIpc) is 2.38. The number of pyridine rings is 2. The fourth-order valence-electron chi connectivity index (χ4n) is 1.57. The quantitative estimate of drug-likeness (QED) is 0.812. The van der Waals surface area contributed by atoms with Crippen LogP contribution in [0.25, 0.3) is 11.3 Å². The van der Waals surface area contributed by atoms with Gasteiger partial charge in [-0.15, -0.1) is 0 Å². The Kier molecular flexibility index (Phi) is 3.23. The van der Waals surface area contributed by atoms with Crippen molar-refractivity contribution in [3.05, 3.63) is 36.0 Å². The summed E-state index contributed by atoms with van der Waals surface area (Å²) in [7, 11) is 3.16. The Bertz CT molecular complexity index is 527. The molecule has 2 rings (SSSR count). The molecule has 0 fully saturated rings. The van der Waals surface area contributed by atoms with Gasteiger partial charge in [0.2, 0.25) is 11.8 Å². The minimum Gasteiger partial charge on any atom is -0.481 e. The van der Waals surface area contributed by atoms with Gasteiger partial charge in [-0.1, -0.05) is 0 Å². The Morgan fingerprint density at radius 1 is 1.06 bits per heavy atom. The molecule has 0 amide bonds. The van der Waals surface area contributed by atoms with Crippen molar-refractivity contribution in [1.29, 1.82) is 0 Å². The molecule has 0 aliphatic carbocycles. The lowest BCUT2D eigenvalue weighted by Gasteiger charge is -2.08. The van der Waals surface area contributed by atoms with Crippen LogP contribution in [0.2, 0.25) is 0 Å². The first-order valence-corrected chi connectivity index (χ1v) is 5.26. The molecule has 0 aliphatic heterocycles. The number of aromatic nitrogens is 2. The Labute approximate surface area is 100 Å². The van der Waals surface area contributed by atoms with Crippen LogP contribution in [0, 0.1) is 6.92 Å². The minimum atomic E-state index is 0.516. The van der Waals surface area contributed by atoms with E-state index in [0.717, 1.165) is 16.8 Å². The number of ether oxygens (including phenoxy) is 2. The molecule has 4 nitrogen and oxygen atoms in total. The first-order chi connectivity index (χ1) is 8.24. The third kappa shape index (κ3) is 2.36. The maximum absolute atomic E-state index is 5.25. The molecule has 2 heterocycles. The highest BCUT2D eigenvalue weighted by molar-refractivity contribution is 5.65. The summed E-state index contributed by atoms with van der Waals surface area (Å²) in [6, 6.07) is 7.63. The van der Waals surface area contributed by atoms with Crippen LogP contribution in [0.5, 0.6) is 11.8 Å². The van der Waals surface area contributed by atoms with Gasteiger partial charge in [0.1, 0.15) is 0 Å². The molecule has 17 heavy (non-hydrogen) atoms. The van der Waals surface area contributed by atoms with Crippen molar-refractivity contribution in [1.82, 2.24) is 9.97 Å². The molecule has 0 saturated heterocycles. The van der Waals surface area contributed by atoms with Crippen molar-refractivity contribution in [2.45, 2.75) is 6.92 Å². The van der Waals surface area contributed by atoms with Crippen molar-refractivity contribution in [3.8, 4) is 23.0 Å². The van der Waals surface area contributed by atoms with Gasteiger partial charge in [-0.25, -0.2) is 0 Å². The molecule has 0 aliphatic rings. The van der Waals surface area contributed by atoms with Gasteiger partial charge in [0.25, 0.3) is 0 Å². The highest BCUT2D eigenvalue weighted by Gasteiger charge is 2.10. The van der Waals surface area contributed by atoms with E-state index >= 15 is 0 Å². The first kappa shape index (κ1) is 11.4. The van der Waals surface area contributed by atoms with Gasteiger partial charge in [0, 0.05) is 12.3 Å². The largest absolute Gasteiger partial charge is 0.481 e. The van der Waals surface area contributed by atoms with Gasteiger partial charge >= 0.3 is 0 Å². The average molecular weight is 230 g/mol. The highest BCUT2D eigenvalue weighted by atomic mass is 16.5. The van der Waals surface area contributed by atoms with E-state index in [0.29, 0.717) is 11.8 Å². The predicted molar refractivity (Wildman–Crippen MR) is 65.3 cm³/mol. The van der Waals surface area contributed by atoms with Crippen molar-refractivity contribution in [2.75, 3.05) is 14.2 Å². The Balaban J connectivity index is 2.51. The van der Waals surface area contributed by atoms with Crippen molar-refractivity contribution >= 4 is 0 Å². The summed E-state index contributed by atoms with van der Waals surface area (Å²) in [5.41, 5.74) is 2.85. The Morgan fingerprint density at radius 3 is 2.53 bits per heavy atom. The van der Waals surface area contributed by atoms with Gasteiger partial charge in [-0.2, -0.15) is 4.98 Å². The summed E-state index contributed by atoms with van der Waals surface area (Å²) in [5.74, 6) is 1.04. The summed E-state index contributed by atoms with van der Waals surface area (Å²) in [6.45, 7) is 2.02. The second-order valence-corrected chi connectivity index (χ2v) is 3.63. The van der Waals surface area contributed by atoms with E-state index in [-0.39, 0.29) is 0 Å². The number of hydrogen-bond acceptors (Lipinski definition) is 4. The molecule has 0 saturated carbocycles. The van der Waals surface area contributed by atoms with E-state index in [2.05, 4.69) is 9.97 Å². The lowest BCUT2D eigenvalue weighted by atomic mass is 10.1. The van der Waals surface area contributed by atoms with Crippen molar-refractivity contribution < 1.29 is 9.47 Å². The molecule has 2 aromatic rings. The summed E-state index contributed by atoms with van der Waals surface area (Å²) in [4.78, 5) is 8.54. The zero-order valence-corrected chi connectivity index (χ0v) is 10.1. The standard InChI is InChI=1S/C13H14N2O2/c1-9-6-7-14-11(8-9)10-4-5-12(16-2)15-13(10)17-3/h4-8H,1-3H3. The lowest BCUT2D eigenvalue weighted by molar-refractivity contribution is 0.366. The fourth-order valence-corrected chi connectivity index (χ4v) is 1.57. The van der Waals surface area contributed by atoms with E-state index in [1.807, 2.05) is 25.1 Å².